The highest BCUT2D eigenvalue weighted by atomic mass is 16.5. The lowest BCUT2D eigenvalue weighted by Gasteiger charge is -2.18. The minimum atomic E-state index is -0.853. The van der Waals surface area contributed by atoms with Gasteiger partial charge in [-0.3, -0.25) is 9.59 Å². The maximum atomic E-state index is 12.3. The molecule has 0 amide bonds. The molecule has 2 N–H and O–H groups in total. The standard InChI is InChI=1S/C18H20BNO4/c1-19(23)20-17(11-15-8-5-9-16(10-15)12-21)18(22)24-13-14-6-3-2-4-7-14/h2-10,12,17,20,23H,11,13H2,1H3. The third-order valence-electron chi connectivity index (χ3n) is 3.48. The monoisotopic (exact) mass is 325 g/mol. The van der Waals surface area contributed by atoms with Crippen molar-refractivity contribution in [1.29, 1.82) is 0 Å². The van der Waals surface area contributed by atoms with Crippen molar-refractivity contribution in [2.24, 2.45) is 0 Å². The van der Waals surface area contributed by atoms with Crippen LogP contribution in [0.3, 0.4) is 0 Å². The normalized spacial score (nSPS) is 11.6. The molecule has 0 saturated heterocycles. The van der Waals surface area contributed by atoms with Crippen LogP contribution in [0.4, 0.5) is 0 Å². The SMILES string of the molecule is CB(O)NC(Cc1cccc(C=O)c1)C(=O)OCc1ccccc1. The summed E-state index contributed by atoms with van der Waals surface area (Å²) in [6.07, 6.45) is 1.08. The Morgan fingerprint density at radius 2 is 1.92 bits per heavy atom. The molecule has 0 spiro atoms. The zero-order chi connectivity index (χ0) is 17.4. The first-order valence-corrected chi connectivity index (χ1v) is 7.77. The van der Waals surface area contributed by atoms with Crippen molar-refractivity contribution >= 4 is 19.3 Å². The van der Waals surface area contributed by atoms with E-state index >= 15 is 0 Å². The summed E-state index contributed by atoms with van der Waals surface area (Å²) in [4.78, 5) is 23.2. The first kappa shape index (κ1) is 17.9. The predicted molar refractivity (Wildman–Crippen MR) is 92.5 cm³/mol. The van der Waals surface area contributed by atoms with E-state index in [1.807, 2.05) is 36.4 Å². The molecule has 0 heterocycles. The molecule has 24 heavy (non-hydrogen) atoms. The lowest BCUT2D eigenvalue weighted by molar-refractivity contribution is -0.147. The molecule has 5 nitrogen and oxygen atoms in total. The van der Waals surface area contributed by atoms with Crippen LogP contribution in [0.15, 0.2) is 54.6 Å². The second kappa shape index (κ2) is 9.01. The van der Waals surface area contributed by atoms with Crippen LogP contribution < -0.4 is 5.23 Å². The zero-order valence-electron chi connectivity index (χ0n) is 13.5. The molecule has 2 aromatic carbocycles. The number of esters is 1. The molecule has 0 aliphatic carbocycles. The van der Waals surface area contributed by atoms with E-state index in [0.717, 1.165) is 17.4 Å². The molecule has 0 aromatic heterocycles. The Hall–Kier alpha value is -2.44. The fourth-order valence-corrected chi connectivity index (χ4v) is 2.36. The predicted octanol–water partition coefficient (Wildman–Crippen LogP) is 1.85. The summed E-state index contributed by atoms with van der Waals surface area (Å²) in [5.74, 6) is -0.448. The Morgan fingerprint density at radius 1 is 1.21 bits per heavy atom. The molecular formula is C18H20BNO4. The molecule has 124 valence electrons. The first-order chi connectivity index (χ1) is 11.6. The van der Waals surface area contributed by atoms with Crippen molar-refractivity contribution in [1.82, 2.24) is 5.23 Å². The molecule has 0 aliphatic heterocycles. The van der Waals surface area contributed by atoms with Gasteiger partial charge in [0, 0.05) is 5.56 Å². The largest absolute Gasteiger partial charge is 0.460 e. The van der Waals surface area contributed by atoms with Crippen molar-refractivity contribution in [2.45, 2.75) is 25.9 Å². The second-order valence-electron chi connectivity index (χ2n) is 5.56. The minimum Gasteiger partial charge on any atom is -0.460 e. The van der Waals surface area contributed by atoms with Crippen LogP contribution in [0.2, 0.25) is 6.82 Å². The van der Waals surface area contributed by atoms with Gasteiger partial charge in [-0.15, -0.1) is 0 Å². The topological polar surface area (TPSA) is 75.6 Å². The summed E-state index contributed by atoms with van der Waals surface area (Å²) in [6, 6.07) is 15.7. The summed E-state index contributed by atoms with van der Waals surface area (Å²) in [5.41, 5.74) is 2.25. The van der Waals surface area contributed by atoms with Crippen molar-refractivity contribution in [3.8, 4) is 0 Å². The number of hydrogen-bond acceptors (Lipinski definition) is 5. The van der Waals surface area contributed by atoms with Crippen LogP contribution in [0.5, 0.6) is 0 Å². The number of hydrogen-bond donors (Lipinski definition) is 2. The second-order valence-corrected chi connectivity index (χ2v) is 5.56. The number of ether oxygens (including phenoxy) is 1. The summed E-state index contributed by atoms with van der Waals surface area (Å²) in [5, 5.41) is 12.4. The van der Waals surface area contributed by atoms with E-state index in [4.69, 9.17) is 4.74 Å². The van der Waals surface area contributed by atoms with Gasteiger partial charge in [0.15, 0.2) is 0 Å². The third-order valence-corrected chi connectivity index (χ3v) is 3.48. The van der Waals surface area contributed by atoms with Crippen LogP contribution in [0, 0.1) is 0 Å². The van der Waals surface area contributed by atoms with Gasteiger partial charge in [-0.25, -0.2) is 0 Å². The maximum absolute atomic E-state index is 12.3. The molecular weight excluding hydrogens is 305 g/mol. The lowest BCUT2D eigenvalue weighted by atomic mass is 9.86. The number of carbonyl (C=O) groups is 2. The summed E-state index contributed by atoms with van der Waals surface area (Å²) in [6.45, 7) is 1.71. The molecule has 6 heteroatoms. The Labute approximate surface area is 141 Å². The molecule has 2 aromatic rings. The molecule has 0 bridgehead atoms. The Balaban J connectivity index is 2.03. The number of benzene rings is 2. The molecule has 0 aliphatic rings. The van der Waals surface area contributed by atoms with Crippen LogP contribution >= 0.6 is 0 Å². The highest BCUT2D eigenvalue weighted by Crippen LogP contribution is 2.09. The van der Waals surface area contributed by atoms with Crippen LogP contribution in [0.25, 0.3) is 0 Å². The number of aldehydes is 1. The highest BCUT2D eigenvalue weighted by molar-refractivity contribution is 6.46. The fraction of sp³-hybridized carbons (Fsp3) is 0.222. The lowest BCUT2D eigenvalue weighted by Crippen LogP contribution is -2.46. The van der Waals surface area contributed by atoms with Crippen molar-refractivity contribution in [3.05, 3.63) is 71.3 Å². The molecule has 2 rings (SSSR count). The van der Waals surface area contributed by atoms with Gasteiger partial charge in [0.25, 0.3) is 0 Å². The van der Waals surface area contributed by atoms with Gasteiger partial charge in [0.05, 0.1) is 0 Å². The third kappa shape index (κ3) is 5.64. The van der Waals surface area contributed by atoms with Crippen molar-refractivity contribution in [2.75, 3.05) is 0 Å². The van der Waals surface area contributed by atoms with Gasteiger partial charge < -0.3 is 15.0 Å². The average Bonchev–Trinajstić information content (AvgIpc) is 2.60. The van der Waals surface area contributed by atoms with Gasteiger partial charge >= 0.3 is 13.0 Å². The van der Waals surface area contributed by atoms with Crippen molar-refractivity contribution < 1.29 is 19.3 Å². The van der Waals surface area contributed by atoms with Gasteiger partial charge in [-0.05, 0) is 30.4 Å². The van der Waals surface area contributed by atoms with Gasteiger partial charge in [0.2, 0.25) is 0 Å². The number of carbonyl (C=O) groups excluding carboxylic acids is 2. The Kier molecular flexibility index (Phi) is 6.72. The van der Waals surface area contributed by atoms with Crippen LogP contribution in [-0.4, -0.2) is 30.4 Å². The fourth-order valence-electron chi connectivity index (χ4n) is 2.36. The van der Waals surface area contributed by atoms with E-state index < -0.39 is 19.1 Å². The average molecular weight is 325 g/mol. The van der Waals surface area contributed by atoms with Crippen LogP contribution in [0.1, 0.15) is 21.5 Å². The summed E-state index contributed by atoms with van der Waals surface area (Å²) in [7, 11) is -0.853. The van der Waals surface area contributed by atoms with E-state index in [0.29, 0.717) is 12.0 Å². The highest BCUT2D eigenvalue weighted by Gasteiger charge is 2.23. The molecule has 0 saturated carbocycles. The quantitative estimate of drug-likeness (QED) is 0.440. The maximum Gasteiger partial charge on any atom is 0.374 e. The van der Waals surface area contributed by atoms with E-state index in [1.165, 1.54) is 0 Å². The van der Waals surface area contributed by atoms with Crippen LogP contribution in [-0.2, 0) is 22.6 Å². The van der Waals surface area contributed by atoms with Crippen molar-refractivity contribution in [3.63, 3.8) is 0 Å². The molecule has 0 radical (unpaired) electrons. The Bertz CT molecular complexity index is 676. The smallest absolute Gasteiger partial charge is 0.374 e. The molecule has 1 atom stereocenters. The number of rotatable bonds is 8. The molecule has 1 unspecified atom stereocenters. The van der Waals surface area contributed by atoms with E-state index in [-0.39, 0.29) is 6.61 Å². The van der Waals surface area contributed by atoms with E-state index in [2.05, 4.69) is 5.23 Å². The molecule has 0 fully saturated rings. The summed E-state index contributed by atoms with van der Waals surface area (Å²) >= 11 is 0. The van der Waals surface area contributed by atoms with E-state index in [1.54, 1.807) is 25.0 Å². The first-order valence-electron chi connectivity index (χ1n) is 7.77. The van der Waals surface area contributed by atoms with Gasteiger partial charge in [-0.1, -0.05) is 48.5 Å². The Morgan fingerprint density at radius 3 is 2.58 bits per heavy atom. The zero-order valence-corrected chi connectivity index (χ0v) is 13.5. The minimum absolute atomic E-state index is 0.173. The number of nitrogens with one attached hydrogen (secondary N) is 1. The van der Waals surface area contributed by atoms with Gasteiger partial charge in [0.1, 0.15) is 18.9 Å². The van der Waals surface area contributed by atoms with Gasteiger partial charge in [-0.2, -0.15) is 0 Å². The summed E-state index contributed by atoms with van der Waals surface area (Å²) < 4.78 is 5.34. The van der Waals surface area contributed by atoms with E-state index in [9.17, 15) is 14.6 Å².